The van der Waals surface area contributed by atoms with Crippen LogP contribution in [0.15, 0.2) is 42.5 Å². The first kappa shape index (κ1) is 18.1. The summed E-state index contributed by atoms with van der Waals surface area (Å²) >= 11 is 0.735. The third kappa shape index (κ3) is 4.08. The molecule has 1 amide bonds. The summed E-state index contributed by atoms with van der Waals surface area (Å²) in [6, 6.07) is 11.4. The highest BCUT2D eigenvalue weighted by molar-refractivity contribution is 7.17. The number of thiophene rings is 1. The van der Waals surface area contributed by atoms with E-state index in [2.05, 4.69) is 0 Å². The van der Waals surface area contributed by atoms with Gasteiger partial charge in [0.1, 0.15) is 4.88 Å². The van der Waals surface area contributed by atoms with Gasteiger partial charge in [0, 0.05) is 24.7 Å². The highest BCUT2D eigenvalue weighted by Crippen LogP contribution is 2.28. The molecule has 1 saturated heterocycles. The number of benzene rings is 1. The lowest BCUT2D eigenvalue weighted by molar-refractivity contribution is -0.380. The molecule has 1 unspecified atom stereocenters. The van der Waals surface area contributed by atoms with Gasteiger partial charge in [0.25, 0.3) is 5.91 Å². The molecule has 8 heteroatoms. The second kappa shape index (κ2) is 8.09. The second-order valence-corrected chi connectivity index (χ2v) is 7.04. The number of piperidine rings is 1. The number of nitrogens with zero attached hydrogens (tertiary/aromatic N) is 2. The van der Waals surface area contributed by atoms with Gasteiger partial charge in [-0.2, -0.15) is 0 Å². The van der Waals surface area contributed by atoms with Gasteiger partial charge in [-0.3, -0.25) is 14.9 Å². The summed E-state index contributed by atoms with van der Waals surface area (Å²) in [6.45, 7) is 1.29. The van der Waals surface area contributed by atoms with Crippen molar-refractivity contribution < 1.29 is 19.2 Å². The quantitative estimate of drug-likeness (QED) is 0.453. The molecule has 7 nitrogen and oxygen atoms in total. The molecule has 1 aliphatic heterocycles. The molecule has 0 aliphatic carbocycles. The molecule has 1 aromatic carbocycles. The number of hydrogen-bond donors (Lipinski definition) is 0. The summed E-state index contributed by atoms with van der Waals surface area (Å²) in [7, 11) is 0. The maximum absolute atomic E-state index is 12.9. The number of ether oxygens (including phenoxy) is 1. The molecule has 2 aromatic rings. The summed E-state index contributed by atoms with van der Waals surface area (Å²) in [4.78, 5) is 37.4. The van der Waals surface area contributed by atoms with Crippen LogP contribution in [0.1, 0.15) is 40.6 Å². The maximum atomic E-state index is 12.9. The van der Waals surface area contributed by atoms with E-state index in [-0.39, 0.29) is 15.8 Å². The summed E-state index contributed by atoms with van der Waals surface area (Å²) in [5.41, 5.74) is 0.586. The number of amides is 1. The zero-order valence-corrected chi connectivity index (χ0v) is 14.8. The first-order chi connectivity index (χ1) is 12.6. The predicted octanol–water partition coefficient (Wildman–Crippen LogP) is 3.57. The van der Waals surface area contributed by atoms with Crippen LogP contribution in [0.4, 0.5) is 5.00 Å². The van der Waals surface area contributed by atoms with Crippen LogP contribution in [0, 0.1) is 10.1 Å². The average Bonchev–Trinajstić information content (AvgIpc) is 3.17. The van der Waals surface area contributed by atoms with Crippen molar-refractivity contribution in [1.29, 1.82) is 0 Å². The fraction of sp³-hybridized carbons (Fsp3) is 0.333. The lowest BCUT2D eigenvalue weighted by Gasteiger charge is -2.30. The summed E-state index contributed by atoms with van der Waals surface area (Å²) in [5.74, 6) is -0.988. The van der Waals surface area contributed by atoms with Gasteiger partial charge in [0.2, 0.25) is 6.10 Å². The van der Waals surface area contributed by atoms with Gasteiger partial charge in [0.15, 0.2) is 0 Å². The van der Waals surface area contributed by atoms with Crippen LogP contribution in [0.5, 0.6) is 0 Å². The molecule has 3 rings (SSSR count). The highest BCUT2D eigenvalue weighted by atomic mass is 32.1. The first-order valence-corrected chi connectivity index (χ1v) is 9.17. The van der Waals surface area contributed by atoms with E-state index in [9.17, 15) is 19.7 Å². The predicted molar refractivity (Wildman–Crippen MR) is 96.0 cm³/mol. The zero-order valence-electron chi connectivity index (χ0n) is 14.0. The van der Waals surface area contributed by atoms with Crippen molar-refractivity contribution in [2.75, 3.05) is 13.1 Å². The molecule has 1 aliphatic rings. The molecular formula is C18H18N2O5S. The summed E-state index contributed by atoms with van der Waals surface area (Å²) in [6.07, 6.45) is 1.89. The van der Waals surface area contributed by atoms with Crippen LogP contribution in [0.3, 0.4) is 0 Å². The number of carbonyl (C=O) groups is 2. The van der Waals surface area contributed by atoms with Crippen LogP contribution in [0.25, 0.3) is 0 Å². The Hall–Kier alpha value is -2.74. The van der Waals surface area contributed by atoms with Gasteiger partial charge in [-0.25, -0.2) is 4.79 Å². The average molecular weight is 374 g/mol. The van der Waals surface area contributed by atoms with Gasteiger partial charge < -0.3 is 9.64 Å². The molecule has 1 aromatic heterocycles. The molecule has 2 heterocycles. The minimum atomic E-state index is -1.05. The van der Waals surface area contributed by atoms with E-state index in [1.807, 2.05) is 6.07 Å². The minimum Gasteiger partial charge on any atom is -0.443 e. The van der Waals surface area contributed by atoms with Crippen molar-refractivity contribution >= 4 is 28.2 Å². The van der Waals surface area contributed by atoms with Gasteiger partial charge in [-0.1, -0.05) is 41.7 Å². The molecule has 1 fully saturated rings. The Labute approximate surface area is 154 Å². The Bertz CT molecular complexity index is 799. The fourth-order valence-electron chi connectivity index (χ4n) is 2.87. The molecule has 0 saturated carbocycles. The zero-order chi connectivity index (χ0) is 18.5. The Morgan fingerprint density at radius 1 is 1.08 bits per heavy atom. The van der Waals surface area contributed by atoms with Crippen molar-refractivity contribution in [3.05, 3.63) is 63.0 Å². The Morgan fingerprint density at radius 3 is 2.38 bits per heavy atom. The number of nitro groups is 1. The maximum Gasteiger partial charge on any atom is 0.349 e. The molecule has 0 radical (unpaired) electrons. The topological polar surface area (TPSA) is 89.8 Å². The number of esters is 1. The van der Waals surface area contributed by atoms with Crippen molar-refractivity contribution in [2.45, 2.75) is 25.4 Å². The number of rotatable bonds is 5. The van der Waals surface area contributed by atoms with Crippen molar-refractivity contribution in [3.8, 4) is 0 Å². The molecule has 1 atom stereocenters. The highest BCUT2D eigenvalue weighted by Gasteiger charge is 2.31. The van der Waals surface area contributed by atoms with E-state index in [1.54, 1.807) is 29.2 Å². The Kier molecular flexibility index (Phi) is 5.62. The van der Waals surface area contributed by atoms with E-state index in [1.165, 1.54) is 12.1 Å². The monoisotopic (exact) mass is 374 g/mol. The van der Waals surface area contributed by atoms with Gasteiger partial charge in [-0.15, -0.1) is 0 Å². The number of carbonyl (C=O) groups excluding carboxylic acids is 2. The standard InChI is InChI=1S/C18H18N2O5S/c21-17(19-11-5-2-6-12-19)16(13-7-3-1-4-8-13)25-18(22)14-9-10-15(26-14)20(23)24/h1,3-4,7-10,16H,2,5-6,11-12H2. The molecule has 26 heavy (non-hydrogen) atoms. The summed E-state index contributed by atoms with van der Waals surface area (Å²) < 4.78 is 5.49. The lowest BCUT2D eigenvalue weighted by Crippen LogP contribution is -2.40. The van der Waals surface area contributed by atoms with Gasteiger partial charge in [0.05, 0.1) is 4.92 Å². The third-order valence-electron chi connectivity index (χ3n) is 4.19. The van der Waals surface area contributed by atoms with Gasteiger partial charge >= 0.3 is 11.0 Å². The number of hydrogen-bond acceptors (Lipinski definition) is 6. The number of likely N-dealkylation sites (tertiary alicyclic amines) is 1. The van der Waals surface area contributed by atoms with Crippen LogP contribution in [0.2, 0.25) is 0 Å². The van der Waals surface area contributed by atoms with Crippen molar-refractivity contribution in [1.82, 2.24) is 4.90 Å². The normalized spacial score (nSPS) is 15.3. The van der Waals surface area contributed by atoms with Gasteiger partial charge in [-0.05, 0) is 25.3 Å². The van der Waals surface area contributed by atoms with Crippen LogP contribution >= 0.6 is 11.3 Å². The SMILES string of the molecule is O=C(OC(C(=O)N1CCCCC1)c1ccccc1)c1ccc([N+](=O)[O-])s1. The van der Waals surface area contributed by atoms with E-state index >= 15 is 0 Å². The first-order valence-electron chi connectivity index (χ1n) is 8.35. The van der Waals surface area contributed by atoms with Crippen LogP contribution < -0.4 is 0 Å². The summed E-state index contributed by atoms with van der Waals surface area (Å²) in [5, 5.41) is 10.7. The Morgan fingerprint density at radius 2 is 1.77 bits per heavy atom. The lowest BCUT2D eigenvalue weighted by atomic mass is 10.1. The molecule has 136 valence electrons. The van der Waals surface area contributed by atoms with Crippen molar-refractivity contribution in [2.24, 2.45) is 0 Å². The third-order valence-corrected chi connectivity index (χ3v) is 5.21. The van der Waals surface area contributed by atoms with Crippen LogP contribution in [-0.4, -0.2) is 34.8 Å². The van der Waals surface area contributed by atoms with E-state index < -0.39 is 17.0 Å². The largest absolute Gasteiger partial charge is 0.443 e. The smallest absolute Gasteiger partial charge is 0.349 e. The second-order valence-electron chi connectivity index (χ2n) is 5.98. The van der Waals surface area contributed by atoms with E-state index in [0.717, 1.165) is 30.6 Å². The molecule has 0 bridgehead atoms. The fourth-order valence-corrected chi connectivity index (χ4v) is 3.57. The van der Waals surface area contributed by atoms with E-state index in [0.29, 0.717) is 18.7 Å². The van der Waals surface area contributed by atoms with Crippen molar-refractivity contribution in [3.63, 3.8) is 0 Å². The van der Waals surface area contributed by atoms with Crippen LogP contribution in [-0.2, 0) is 9.53 Å². The molecular weight excluding hydrogens is 356 g/mol. The van der Waals surface area contributed by atoms with E-state index in [4.69, 9.17) is 4.74 Å². The Balaban J connectivity index is 1.82. The molecule has 0 N–H and O–H groups in total. The minimum absolute atomic E-state index is 0.101. The molecule has 0 spiro atoms.